The molecule has 8 heteroatoms. The van der Waals surface area contributed by atoms with Crippen molar-refractivity contribution < 1.29 is 27.1 Å². The van der Waals surface area contributed by atoms with Crippen LogP contribution in [0.1, 0.15) is 32.6 Å². The summed E-state index contributed by atoms with van der Waals surface area (Å²) in [6.45, 7) is 1.15. The maximum Gasteiger partial charge on any atom is 0.321 e. The minimum atomic E-state index is -4.01. The van der Waals surface area contributed by atoms with Gasteiger partial charge in [0.15, 0.2) is 0 Å². The predicted molar refractivity (Wildman–Crippen MR) is 60.9 cm³/mol. The van der Waals surface area contributed by atoms with Gasteiger partial charge >= 0.3 is 5.97 Å². The van der Waals surface area contributed by atoms with Crippen LogP contribution in [0.4, 0.5) is 8.78 Å². The second kappa shape index (κ2) is 5.48. The smallest absolute Gasteiger partial charge is 0.321 e. The van der Waals surface area contributed by atoms with E-state index in [4.69, 9.17) is 5.11 Å². The molecule has 0 saturated heterocycles. The molecule has 0 aromatic rings. The summed E-state index contributed by atoms with van der Waals surface area (Å²) in [6, 6.07) is -1.31. The van der Waals surface area contributed by atoms with Gasteiger partial charge in [-0.1, -0.05) is 6.42 Å². The van der Waals surface area contributed by atoms with Crippen molar-refractivity contribution in [2.45, 2.75) is 44.6 Å². The van der Waals surface area contributed by atoms with Crippen molar-refractivity contribution in [3.05, 3.63) is 0 Å². The number of rotatable bonds is 5. The molecule has 2 N–H and O–H groups in total. The molecule has 0 spiro atoms. The summed E-state index contributed by atoms with van der Waals surface area (Å²) in [5, 5.41) is 8.58. The lowest BCUT2D eigenvalue weighted by molar-refractivity contribution is -0.138. The lowest BCUT2D eigenvalue weighted by Crippen LogP contribution is -2.44. The van der Waals surface area contributed by atoms with Gasteiger partial charge in [-0.05, 0) is 19.8 Å². The van der Waals surface area contributed by atoms with E-state index in [0.717, 1.165) is 6.92 Å². The van der Waals surface area contributed by atoms with E-state index < -0.39 is 39.6 Å². The summed E-state index contributed by atoms with van der Waals surface area (Å²) in [5.41, 5.74) is 0. The number of nitrogens with one attached hydrogen (secondary N) is 1. The summed E-state index contributed by atoms with van der Waals surface area (Å²) < 4.78 is 52.0. The third-order valence-corrected chi connectivity index (χ3v) is 4.61. The molecule has 0 aromatic carbocycles. The van der Waals surface area contributed by atoms with Gasteiger partial charge in [0.1, 0.15) is 6.04 Å². The van der Waals surface area contributed by atoms with Gasteiger partial charge in [-0.3, -0.25) is 4.79 Å². The highest BCUT2D eigenvalue weighted by molar-refractivity contribution is 7.89. The maximum atomic E-state index is 13.5. The van der Waals surface area contributed by atoms with E-state index in [1.54, 1.807) is 0 Å². The molecule has 0 amide bonds. The van der Waals surface area contributed by atoms with Gasteiger partial charge in [-0.2, -0.15) is 0 Å². The second-order valence-corrected chi connectivity index (χ2v) is 6.46. The van der Waals surface area contributed by atoms with Crippen molar-refractivity contribution in [3.8, 4) is 0 Å². The minimum Gasteiger partial charge on any atom is -0.480 e. The Balaban J connectivity index is 2.67. The fourth-order valence-corrected chi connectivity index (χ4v) is 3.68. The normalized spacial score (nSPS) is 25.6. The molecule has 5 nitrogen and oxygen atoms in total. The molecule has 1 aliphatic rings. The number of halogens is 2. The lowest BCUT2D eigenvalue weighted by Gasteiger charge is -2.31. The van der Waals surface area contributed by atoms with E-state index in [1.165, 1.54) is 0 Å². The summed E-state index contributed by atoms with van der Waals surface area (Å²) in [5.74, 6) is -6.28. The van der Waals surface area contributed by atoms with Gasteiger partial charge in [0.25, 0.3) is 5.92 Å². The molecule has 1 rings (SSSR count). The monoisotopic (exact) mass is 285 g/mol. The standard InChI is InChI=1S/C10H17F2NO4S/c1-7(9(14)15)13-18(16,17)6-8-4-2-3-5-10(8,11)12/h7-8,13H,2-6H2,1H3,(H,14,15). The summed E-state index contributed by atoms with van der Waals surface area (Å²) in [4.78, 5) is 10.5. The minimum absolute atomic E-state index is 0.148. The summed E-state index contributed by atoms with van der Waals surface area (Å²) in [6.07, 6.45) is 0.809. The van der Waals surface area contributed by atoms with Crippen molar-refractivity contribution in [3.63, 3.8) is 0 Å². The Morgan fingerprint density at radius 1 is 1.50 bits per heavy atom. The maximum absolute atomic E-state index is 13.5. The van der Waals surface area contributed by atoms with Crippen molar-refractivity contribution >= 4 is 16.0 Å². The third-order valence-electron chi connectivity index (χ3n) is 3.06. The van der Waals surface area contributed by atoms with Crippen LogP contribution in [0.5, 0.6) is 0 Å². The zero-order chi connectivity index (χ0) is 14.0. The second-order valence-electron chi connectivity index (χ2n) is 4.66. The van der Waals surface area contributed by atoms with Crippen molar-refractivity contribution in [2.24, 2.45) is 5.92 Å². The Hall–Kier alpha value is -0.760. The number of sulfonamides is 1. The molecule has 1 aliphatic carbocycles. The van der Waals surface area contributed by atoms with Crippen LogP contribution in [0, 0.1) is 5.92 Å². The third kappa shape index (κ3) is 4.16. The lowest BCUT2D eigenvalue weighted by atomic mass is 9.87. The van der Waals surface area contributed by atoms with E-state index in [9.17, 15) is 22.0 Å². The van der Waals surface area contributed by atoms with Crippen LogP contribution in [-0.4, -0.2) is 37.2 Å². The van der Waals surface area contributed by atoms with Crippen LogP contribution < -0.4 is 4.72 Å². The predicted octanol–water partition coefficient (Wildman–Crippen LogP) is 1.20. The molecular weight excluding hydrogens is 268 g/mol. The van der Waals surface area contributed by atoms with Gasteiger partial charge in [-0.25, -0.2) is 21.9 Å². The van der Waals surface area contributed by atoms with E-state index in [-0.39, 0.29) is 12.8 Å². The van der Waals surface area contributed by atoms with E-state index in [2.05, 4.69) is 0 Å². The van der Waals surface area contributed by atoms with E-state index >= 15 is 0 Å². The fourth-order valence-electron chi connectivity index (χ4n) is 2.00. The van der Waals surface area contributed by atoms with Gasteiger partial charge in [0, 0.05) is 12.3 Å². The summed E-state index contributed by atoms with van der Waals surface area (Å²) >= 11 is 0. The first-order valence-electron chi connectivity index (χ1n) is 5.75. The van der Waals surface area contributed by atoms with Crippen LogP contribution in [0.25, 0.3) is 0 Å². The van der Waals surface area contributed by atoms with Gasteiger partial charge < -0.3 is 5.11 Å². The number of carbonyl (C=O) groups is 1. The zero-order valence-electron chi connectivity index (χ0n) is 10.0. The summed E-state index contributed by atoms with van der Waals surface area (Å²) in [7, 11) is -4.01. The Morgan fingerprint density at radius 3 is 2.61 bits per heavy atom. The molecule has 0 heterocycles. The number of aliphatic carboxylic acids is 1. The zero-order valence-corrected chi connectivity index (χ0v) is 10.8. The molecule has 2 unspecified atom stereocenters. The molecule has 2 atom stereocenters. The van der Waals surface area contributed by atoms with Crippen LogP contribution in [-0.2, 0) is 14.8 Å². The van der Waals surface area contributed by atoms with Crippen LogP contribution in [0.2, 0.25) is 0 Å². The van der Waals surface area contributed by atoms with Gasteiger partial charge in [0.05, 0.1) is 5.75 Å². The quantitative estimate of drug-likeness (QED) is 0.795. The first kappa shape index (κ1) is 15.3. The SMILES string of the molecule is CC(NS(=O)(=O)CC1CCCCC1(F)F)C(=O)O. The fraction of sp³-hybridized carbons (Fsp3) is 0.900. The molecular formula is C10H17F2NO4S. The average Bonchev–Trinajstić information content (AvgIpc) is 2.20. The number of carboxylic acid groups (broad SMARTS) is 1. The van der Waals surface area contributed by atoms with Crippen LogP contribution >= 0.6 is 0 Å². The Morgan fingerprint density at radius 2 is 2.11 bits per heavy atom. The Kier molecular flexibility index (Phi) is 4.66. The highest BCUT2D eigenvalue weighted by Crippen LogP contribution is 2.38. The van der Waals surface area contributed by atoms with Crippen molar-refractivity contribution in [1.29, 1.82) is 0 Å². The van der Waals surface area contributed by atoms with Crippen molar-refractivity contribution in [2.75, 3.05) is 5.75 Å². The molecule has 106 valence electrons. The largest absolute Gasteiger partial charge is 0.480 e. The molecule has 0 bridgehead atoms. The molecule has 18 heavy (non-hydrogen) atoms. The average molecular weight is 285 g/mol. The highest BCUT2D eigenvalue weighted by Gasteiger charge is 2.43. The van der Waals surface area contributed by atoms with E-state index in [1.807, 2.05) is 4.72 Å². The van der Waals surface area contributed by atoms with Gasteiger partial charge in [-0.15, -0.1) is 0 Å². The van der Waals surface area contributed by atoms with Crippen molar-refractivity contribution in [1.82, 2.24) is 4.72 Å². The Bertz CT molecular complexity index is 410. The molecule has 0 aliphatic heterocycles. The topological polar surface area (TPSA) is 83.5 Å². The number of alkyl halides is 2. The number of carboxylic acids is 1. The Labute approximate surface area is 105 Å². The number of hydrogen-bond donors (Lipinski definition) is 2. The number of hydrogen-bond acceptors (Lipinski definition) is 3. The first-order chi connectivity index (χ1) is 8.14. The highest BCUT2D eigenvalue weighted by atomic mass is 32.2. The van der Waals surface area contributed by atoms with Crippen LogP contribution in [0.15, 0.2) is 0 Å². The molecule has 1 fully saturated rings. The van der Waals surface area contributed by atoms with Gasteiger partial charge in [0.2, 0.25) is 10.0 Å². The molecule has 1 saturated carbocycles. The molecule has 0 aromatic heterocycles. The van der Waals surface area contributed by atoms with E-state index in [0.29, 0.717) is 12.8 Å². The molecule has 0 radical (unpaired) electrons. The van der Waals surface area contributed by atoms with Crippen LogP contribution in [0.3, 0.4) is 0 Å². The first-order valence-corrected chi connectivity index (χ1v) is 7.40.